The first-order valence-corrected chi connectivity index (χ1v) is 9.11. The van der Waals surface area contributed by atoms with Crippen molar-refractivity contribution < 1.29 is 19.8 Å². The first-order chi connectivity index (χ1) is 11.9. The van der Waals surface area contributed by atoms with Gasteiger partial charge in [-0.3, -0.25) is 9.69 Å². The number of carbonyl (C=O) groups excluding carboxylic acids is 1. The summed E-state index contributed by atoms with van der Waals surface area (Å²) in [6, 6.07) is 9.39. The van der Waals surface area contributed by atoms with Gasteiger partial charge in [0.15, 0.2) is 11.4 Å². The minimum absolute atomic E-state index is 0.239. The quantitative estimate of drug-likeness (QED) is 0.703. The Morgan fingerprint density at radius 1 is 1.12 bits per heavy atom. The SMILES string of the molecule is CC(C)C[C@@H](C(=O)CC(O)(C(=O)O)C(C)(C)C)N(C)Cc1ccccc1. The van der Waals surface area contributed by atoms with Gasteiger partial charge < -0.3 is 10.2 Å². The highest BCUT2D eigenvalue weighted by molar-refractivity contribution is 5.91. The van der Waals surface area contributed by atoms with E-state index in [1.165, 1.54) is 0 Å². The number of carboxylic acids is 1. The number of carbonyl (C=O) groups is 2. The molecular weight excluding hydrogens is 330 g/mol. The maximum absolute atomic E-state index is 13.0. The summed E-state index contributed by atoms with van der Waals surface area (Å²) in [4.78, 5) is 26.7. The average Bonchev–Trinajstić information content (AvgIpc) is 2.51. The molecule has 0 aromatic heterocycles. The van der Waals surface area contributed by atoms with Crippen LogP contribution in [-0.4, -0.2) is 45.6 Å². The molecule has 26 heavy (non-hydrogen) atoms. The fourth-order valence-electron chi connectivity index (χ4n) is 3.02. The number of carboxylic acid groups (broad SMARTS) is 1. The molecule has 0 aliphatic rings. The highest BCUT2D eigenvalue weighted by Gasteiger charge is 2.49. The molecule has 1 unspecified atom stereocenters. The van der Waals surface area contributed by atoms with Gasteiger partial charge >= 0.3 is 5.97 Å². The second-order valence-electron chi connectivity index (χ2n) is 8.60. The number of aliphatic carboxylic acids is 1. The second-order valence-corrected chi connectivity index (χ2v) is 8.60. The molecule has 5 heteroatoms. The third-order valence-electron chi connectivity index (χ3n) is 4.90. The van der Waals surface area contributed by atoms with E-state index < -0.39 is 29.4 Å². The molecule has 5 nitrogen and oxygen atoms in total. The van der Waals surface area contributed by atoms with Crippen LogP contribution in [0.4, 0.5) is 0 Å². The first-order valence-electron chi connectivity index (χ1n) is 9.11. The van der Waals surface area contributed by atoms with Crippen LogP contribution in [0.2, 0.25) is 0 Å². The molecule has 0 spiro atoms. The third kappa shape index (κ3) is 5.64. The van der Waals surface area contributed by atoms with Crippen molar-refractivity contribution in [1.82, 2.24) is 4.90 Å². The summed E-state index contributed by atoms with van der Waals surface area (Å²) in [7, 11) is 1.87. The van der Waals surface area contributed by atoms with Crippen LogP contribution in [0.3, 0.4) is 0 Å². The lowest BCUT2D eigenvalue weighted by Crippen LogP contribution is -2.54. The monoisotopic (exact) mass is 363 g/mol. The molecule has 1 rings (SSSR count). The number of hydrogen-bond donors (Lipinski definition) is 2. The van der Waals surface area contributed by atoms with Crippen molar-refractivity contribution >= 4 is 11.8 Å². The van der Waals surface area contributed by atoms with Gasteiger partial charge in [-0.05, 0) is 24.9 Å². The lowest BCUT2D eigenvalue weighted by Gasteiger charge is -2.38. The third-order valence-corrected chi connectivity index (χ3v) is 4.90. The van der Waals surface area contributed by atoms with Crippen molar-refractivity contribution in [3.63, 3.8) is 0 Å². The van der Waals surface area contributed by atoms with Gasteiger partial charge in [-0.2, -0.15) is 0 Å². The normalized spacial score (nSPS) is 15.7. The van der Waals surface area contributed by atoms with Crippen molar-refractivity contribution in [3.8, 4) is 0 Å². The lowest BCUT2D eigenvalue weighted by atomic mass is 9.72. The Morgan fingerprint density at radius 2 is 1.65 bits per heavy atom. The fourth-order valence-corrected chi connectivity index (χ4v) is 3.02. The van der Waals surface area contributed by atoms with Crippen LogP contribution in [0.15, 0.2) is 30.3 Å². The molecule has 0 heterocycles. The van der Waals surface area contributed by atoms with E-state index in [-0.39, 0.29) is 11.7 Å². The van der Waals surface area contributed by atoms with E-state index in [4.69, 9.17) is 0 Å². The molecule has 0 radical (unpaired) electrons. The average molecular weight is 363 g/mol. The van der Waals surface area contributed by atoms with Gasteiger partial charge in [-0.15, -0.1) is 0 Å². The van der Waals surface area contributed by atoms with Gasteiger partial charge in [0.1, 0.15) is 0 Å². The van der Waals surface area contributed by atoms with E-state index in [0.717, 1.165) is 5.56 Å². The Labute approximate surface area is 157 Å². The predicted molar refractivity (Wildman–Crippen MR) is 103 cm³/mol. The molecule has 0 amide bonds. The predicted octanol–water partition coefficient (Wildman–Crippen LogP) is 3.35. The van der Waals surface area contributed by atoms with Crippen LogP contribution in [0.25, 0.3) is 0 Å². The maximum Gasteiger partial charge on any atom is 0.336 e. The molecule has 0 aliphatic heterocycles. The van der Waals surface area contributed by atoms with Crippen LogP contribution in [0, 0.1) is 11.3 Å². The molecule has 0 saturated carbocycles. The maximum atomic E-state index is 13.0. The molecule has 146 valence electrons. The Hall–Kier alpha value is -1.72. The molecule has 1 aromatic rings. The first kappa shape index (κ1) is 22.3. The number of ketones is 1. The zero-order valence-corrected chi connectivity index (χ0v) is 16.8. The number of benzene rings is 1. The van der Waals surface area contributed by atoms with Gasteiger partial charge in [-0.1, -0.05) is 65.0 Å². The number of Topliss-reactive ketones (excluding diaryl/α,β-unsaturated/α-hetero) is 1. The largest absolute Gasteiger partial charge is 0.479 e. The molecule has 2 atom stereocenters. The summed E-state index contributed by atoms with van der Waals surface area (Å²) in [5, 5.41) is 20.2. The zero-order chi connectivity index (χ0) is 20.1. The van der Waals surface area contributed by atoms with Crippen molar-refractivity contribution in [2.45, 2.75) is 65.6 Å². The number of likely N-dealkylation sites (N-methyl/N-ethyl adjacent to an activating group) is 1. The standard InChI is InChI=1S/C21H33NO4/c1-15(2)12-17(22(6)14-16-10-8-7-9-11-16)18(23)13-21(26,19(24)25)20(3,4)5/h7-11,15,17,26H,12-14H2,1-6H3,(H,24,25)/t17-,21?/m0/s1. The van der Waals surface area contributed by atoms with Crippen molar-refractivity contribution in [2.24, 2.45) is 11.3 Å². The van der Waals surface area contributed by atoms with E-state index in [9.17, 15) is 19.8 Å². The second kappa shape index (κ2) is 8.78. The summed E-state index contributed by atoms with van der Waals surface area (Å²) in [5.41, 5.74) is -1.96. The number of aliphatic hydroxyl groups is 1. The molecular formula is C21H33NO4. The van der Waals surface area contributed by atoms with Gasteiger partial charge in [0.05, 0.1) is 6.04 Å². The molecule has 0 bridgehead atoms. The topological polar surface area (TPSA) is 77.8 Å². The minimum Gasteiger partial charge on any atom is -0.479 e. The van der Waals surface area contributed by atoms with E-state index in [2.05, 4.69) is 0 Å². The minimum atomic E-state index is -2.09. The summed E-state index contributed by atoms with van der Waals surface area (Å²) in [5.74, 6) is -1.32. The summed E-state index contributed by atoms with van der Waals surface area (Å²) in [6.45, 7) is 9.57. The summed E-state index contributed by atoms with van der Waals surface area (Å²) >= 11 is 0. The number of rotatable bonds is 9. The van der Waals surface area contributed by atoms with Crippen molar-refractivity contribution in [2.75, 3.05) is 7.05 Å². The van der Waals surface area contributed by atoms with Crippen LogP contribution in [0.1, 0.15) is 53.0 Å². The smallest absolute Gasteiger partial charge is 0.336 e. The summed E-state index contributed by atoms with van der Waals surface area (Å²) < 4.78 is 0. The highest BCUT2D eigenvalue weighted by Crippen LogP contribution is 2.35. The van der Waals surface area contributed by atoms with Gasteiger partial charge in [-0.25, -0.2) is 4.79 Å². The van der Waals surface area contributed by atoms with Gasteiger partial charge in [0.2, 0.25) is 0 Å². The Morgan fingerprint density at radius 3 is 2.08 bits per heavy atom. The Balaban J connectivity index is 3.04. The van der Waals surface area contributed by atoms with Crippen LogP contribution in [-0.2, 0) is 16.1 Å². The van der Waals surface area contributed by atoms with E-state index in [1.54, 1.807) is 20.8 Å². The van der Waals surface area contributed by atoms with Gasteiger partial charge in [0, 0.05) is 18.4 Å². The molecule has 1 aromatic carbocycles. The van der Waals surface area contributed by atoms with E-state index in [0.29, 0.717) is 13.0 Å². The van der Waals surface area contributed by atoms with Crippen LogP contribution in [0.5, 0.6) is 0 Å². The molecule has 0 aliphatic carbocycles. The number of hydrogen-bond acceptors (Lipinski definition) is 4. The van der Waals surface area contributed by atoms with Gasteiger partial charge in [0.25, 0.3) is 0 Å². The molecule has 2 N–H and O–H groups in total. The molecule has 0 saturated heterocycles. The summed E-state index contributed by atoms with van der Waals surface area (Å²) in [6.07, 6.45) is 0.213. The Bertz CT molecular complexity index is 606. The molecule has 0 fully saturated rings. The zero-order valence-electron chi connectivity index (χ0n) is 16.8. The highest BCUT2D eigenvalue weighted by atomic mass is 16.4. The fraction of sp³-hybridized carbons (Fsp3) is 0.619. The van der Waals surface area contributed by atoms with Crippen molar-refractivity contribution in [3.05, 3.63) is 35.9 Å². The Kier molecular flexibility index (Phi) is 7.54. The van der Waals surface area contributed by atoms with Crippen LogP contribution >= 0.6 is 0 Å². The lowest BCUT2D eigenvalue weighted by molar-refractivity contribution is -0.175. The van der Waals surface area contributed by atoms with E-state index >= 15 is 0 Å². The van der Waals surface area contributed by atoms with Crippen LogP contribution < -0.4 is 0 Å². The van der Waals surface area contributed by atoms with E-state index in [1.807, 2.05) is 56.1 Å². The number of nitrogens with zero attached hydrogens (tertiary/aromatic N) is 1. The van der Waals surface area contributed by atoms with Crippen molar-refractivity contribution in [1.29, 1.82) is 0 Å².